The van der Waals surface area contributed by atoms with Crippen molar-refractivity contribution in [3.05, 3.63) is 0 Å². The van der Waals surface area contributed by atoms with Gasteiger partial charge in [0.1, 0.15) is 5.67 Å². The van der Waals surface area contributed by atoms with E-state index in [1.165, 1.54) is 0 Å². The third-order valence-corrected chi connectivity index (χ3v) is 4.73. The summed E-state index contributed by atoms with van der Waals surface area (Å²) < 4.78 is 11.1. The lowest BCUT2D eigenvalue weighted by Gasteiger charge is -2.20. The standard InChI is InChI=1S/C11H23NO3Si/c1-4-7-8-9-11(12-10-13)16(14-5-2)15-6-3/h11,16H,4-9H2,1-3H3. The maximum atomic E-state index is 10.4. The van der Waals surface area contributed by atoms with Crippen LogP contribution < -0.4 is 0 Å². The zero-order valence-electron chi connectivity index (χ0n) is 10.6. The van der Waals surface area contributed by atoms with E-state index in [2.05, 4.69) is 11.9 Å². The van der Waals surface area contributed by atoms with Crippen molar-refractivity contribution in [1.29, 1.82) is 0 Å². The average Bonchev–Trinajstić information content (AvgIpc) is 2.28. The molecule has 94 valence electrons. The van der Waals surface area contributed by atoms with E-state index in [0.717, 1.165) is 25.7 Å². The van der Waals surface area contributed by atoms with Crippen LogP contribution in [-0.2, 0) is 13.6 Å². The van der Waals surface area contributed by atoms with Crippen LogP contribution in [0.2, 0.25) is 0 Å². The second kappa shape index (κ2) is 11.0. The Kier molecular flexibility index (Phi) is 10.7. The van der Waals surface area contributed by atoms with Crippen LogP contribution in [0.1, 0.15) is 46.5 Å². The summed E-state index contributed by atoms with van der Waals surface area (Å²) in [5.74, 6) is 0. The van der Waals surface area contributed by atoms with Crippen molar-refractivity contribution in [2.24, 2.45) is 4.99 Å². The molecule has 1 unspecified atom stereocenters. The first kappa shape index (κ1) is 15.5. The molecule has 4 nitrogen and oxygen atoms in total. The van der Waals surface area contributed by atoms with Crippen LogP contribution in [0.5, 0.6) is 0 Å². The van der Waals surface area contributed by atoms with Crippen molar-refractivity contribution < 1.29 is 13.6 Å². The molecule has 5 heteroatoms. The van der Waals surface area contributed by atoms with Crippen molar-refractivity contribution in [1.82, 2.24) is 0 Å². The third kappa shape index (κ3) is 6.90. The van der Waals surface area contributed by atoms with E-state index in [1.807, 2.05) is 13.8 Å². The molecular formula is C11H23NO3Si. The summed E-state index contributed by atoms with van der Waals surface area (Å²) in [6.07, 6.45) is 5.90. The molecular weight excluding hydrogens is 222 g/mol. The fraction of sp³-hybridized carbons (Fsp3) is 0.909. The van der Waals surface area contributed by atoms with E-state index < -0.39 is 9.28 Å². The number of carbonyl (C=O) groups excluding carboxylic acids is 1. The highest BCUT2D eigenvalue weighted by Crippen LogP contribution is 2.11. The zero-order chi connectivity index (χ0) is 12.2. The Labute approximate surface area is 99.9 Å². The minimum absolute atomic E-state index is 0.0797. The summed E-state index contributed by atoms with van der Waals surface area (Å²) in [5.41, 5.74) is -0.0797. The molecule has 0 saturated carbocycles. The average molecular weight is 245 g/mol. The van der Waals surface area contributed by atoms with Crippen LogP contribution in [0.15, 0.2) is 4.99 Å². The Hall–Kier alpha value is -0.483. The number of hydrogen-bond donors (Lipinski definition) is 0. The second-order valence-electron chi connectivity index (χ2n) is 3.56. The van der Waals surface area contributed by atoms with E-state index in [9.17, 15) is 4.79 Å². The molecule has 0 aromatic rings. The maximum absolute atomic E-state index is 10.4. The minimum atomic E-state index is -1.84. The topological polar surface area (TPSA) is 47.9 Å². The molecule has 0 aliphatic heterocycles. The van der Waals surface area contributed by atoms with Crippen molar-refractivity contribution in [3.8, 4) is 0 Å². The van der Waals surface area contributed by atoms with Crippen molar-refractivity contribution in [2.45, 2.75) is 52.1 Å². The molecule has 0 fully saturated rings. The summed E-state index contributed by atoms with van der Waals surface area (Å²) in [6.45, 7) is 7.27. The lowest BCUT2D eigenvalue weighted by atomic mass is 10.2. The molecule has 0 aliphatic carbocycles. The van der Waals surface area contributed by atoms with Crippen LogP contribution in [0.3, 0.4) is 0 Å². The molecule has 16 heavy (non-hydrogen) atoms. The molecule has 0 aromatic heterocycles. The Morgan fingerprint density at radius 3 is 2.25 bits per heavy atom. The van der Waals surface area contributed by atoms with Gasteiger partial charge in [-0.15, -0.1) is 0 Å². The van der Waals surface area contributed by atoms with Gasteiger partial charge in [0, 0.05) is 13.2 Å². The summed E-state index contributed by atoms with van der Waals surface area (Å²) in [5, 5.41) is 0. The SMILES string of the molecule is CCCCCC(N=C=O)[SiH](OCC)OCC. The summed E-state index contributed by atoms with van der Waals surface area (Å²) in [7, 11) is -1.84. The highest BCUT2D eigenvalue weighted by molar-refractivity contribution is 6.46. The first-order valence-corrected chi connectivity index (χ1v) is 7.71. The number of unbranched alkanes of at least 4 members (excludes halogenated alkanes) is 2. The van der Waals surface area contributed by atoms with Gasteiger partial charge in [0.2, 0.25) is 6.08 Å². The van der Waals surface area contributed by atoms with Crippen LogP contribution in [0.4, 0.5) is 0 Å². The van der Waals surface area contributed by atoms with Gasteiger partial charge >= 0.3 is 9.28 Å². The lowest BCUT2D eigenvalue weighted by Crippen LogP contribution is -2.36. The fourth-order valence-corrected chi connectivity index (χ4v) is 3.42. The number of rotatable bonds is 10. The van der Waals surface area contributed by atoms with E-state index in [-0.39, 0.29) is 5.67 Å². The van der Waals surface area contributed by atoms with Gasteiger partial charge in [0.25, 0.3) is 0 Å². The molecule has 1 atom stereocenters. The smallest absolute Gasteiger partial charge is 0.347 e. The van der Waals surface area contributed by atoms with Crippen LogP contribution in [0, 0.1) is 0 Å². The number of hydrogen-bond acceptors (Lipinski definition) is 4. The molecule has 0 radical (unpaired) electrons. The van der Waals surface area contributed by atoms with Gasteiger partial charge in [-0.1, -0.05) is 26.2 Å². The molecule has 0 aromatic carbocycles. The van der Waals surface area contributed by atoms with Gasteiger partial charge in [-0.05, 0) is 20.3 Å². The Bertz CT molecular complexity index is 201. The molecule has 0 heterocycles. The van der Waals surface area contributed by atoms with Crippen LogP contribution in [0.25, 0.3) is 0 Å². The quantitative estimate of drug-likeness (QED) is 0.256. The first-order valence-electron chi connectivity index (χ1n) is 6.10. The van der Waals surface area contributed by atoms with Gasteiger partial charge in [0.15, 0.2) is 0 Å². The number of nitrogens with zero attached hydrogens (tertiary/aromatic N) is 1. The Balaban J connectivity index is 4.25. The molecule has 0 aliphatic rings. The molecule has 0 spiro atoms. The highest BCUT2D eigenvalue weighted by Gasteiger charge is 2.25. The zero-order valence-corrected chi connectivity index (χ0v) is 11.7. The highest BCUT2D eigenvalue weighted by atomic mass is 28.3. The third-order valence-electron chi connectivity index (χ3n) is 2.30. The summed E-state index contributed by atoms with van der Waals surface area (Å²) in [4.78, 5) is 14.2. The maximum Gasteiger partial charge on any atom is 0.347 e. The van der Waals surface area contributed by atoms with Gasteiger partial charge < -0.3 is 8.85 Å². The molecule has 0 amide bonds. The van der Waals surface area contributed by atoms with E-state index in [4.69, 9.17) is 8.85 Å². The van der Waals surface area contributed by atoms with Gasteiger partial charge in [-0.3, -0.25) is 0 Å². The van der Waals surface area contributed by atoms with Crippen LogP contribution >= 0.6 is 0 Å². The summed E-state index contributed by atoms with van der Waals surface area (Å²) >= 11 is 0. The van der Waals surface area contributed by atoms with E-state index in [0.29, 0.717) is 13.2 Å². The van der Waals surface area contributed by atoms with Crippen LogP contribution in [-0.4, -0.2) is 34.2 Å². The van der Waals surface area contributed by atoms with Crippen molar-refractivity contribution in [2.75, 3.05) is 13.2 Å². The fourth-order valence-electron chi connectivity index (χ4n) is 1.53. The number of aliphatic imine (C=N–C) groups is 1. The molecule has 0 N–H and O–H groups in total. The van der Waals surface area contributed by atoms with E-state index >= 15 is 0 Å². The lowest BCUT2D eigenvalue weighted by molar-refractivity contribution is 0.203. The Morgan fingerprint density at radius 2 is 1.81 bits per heavy atom. The monoisotopic (exact) mass is 245 g/mol. The van der Waals surface area contributed by atoms with Crippen molar-refractivity contribution >= 4 is 15.4 Å². The predicted octanol–water partition coefficient (Wildman–Crippen LogP) is 2.10. The summed E-state index contributed by atoms with van der Waals surface area (Å²) in [6, 6.07) is 0. The molecule has 0 saturated heterocycles. The van der Waals surface area contributed by atoms with Gasteiger partial charge in [-0.25, -0.2) is 9.79 Å². The Morgan fingerprint density at radius 1 is 1.19 bits per heavy atom. The van der Waals surface area contributed by atoms with Crippen molar-refractivity contribution in [3.63, 3.8) is 0 Å². The first-order chi connectivity index (χ1) is 7.79. The number of isocyanates is 1. The predicted molar refractivity (Wildman–Crippen MR) is 66.5 cm³/mol. The minimum Gasteiger partial charge on any atom is -0.396 e. The second-order valence-corrected chi connectivity index (χ2v) is 5.74. The normalized spacial score (nSPS) is 12.5. The molecule has 0 bridgehead atoms. The van der Waals surface area contributed by atoms with Gasteiger partial charge in [0.05, 0.1) is 0 Å². The largest absolute Gasteiger partial charge is 0.396 e. The van der Waals surface area contributed by atoms with E-state index in [1.54, 1.807) is 6.08 Å². The molecule has 0 rings (SSSR count). The van der Waals surface area contributed by atoms with Gasteiger partial charge in [-0.2, -0.15) is 0 Å².